The molecule has 1 heterocycles. The van der Waals surface area contributed by atoms with Gasteiger partial charge in [0.2, 0.25) is 0 Å². The summed E-state index contributed by atoms with van der Waals surface area (Å²) in [5.41, 5.74) is -1.39. The van der Waals surface area contributed by atoms with E-state index in [-0.39, 0.29) is 22.5 Å². The highest BCUT2D eigenvalue weighted by atomic mass is 32.2. The van der Waals surface area contributed by atoms with Gasteiger partial charge >= 0.3 is 0 Å². The van der Waals surface area contributed by atoms with E-state index in [1.54, 1.807) is 0 Å². The van der Waals surface area contributed by atoms with Crippen molar-refractivity contribution >= 4 is 9.84 Å². The maximum atomic E-state index is 14.2. The normalized spacial score (nSPS) is 12.0. The van der Waals surface area contributed by atoms with Gasteiger partial charge in [-0.1, -0.05) is 0 Å². The zero-order chi connectivity index (χ0) is 20.8. The van der Waals surface area contributed by atoms with Gasteiger partial charge in [0, 0.05) is 23.4 Å². The van der Waals surface area contributed by atoms with Crippen molar-refractivity contribution in [1.29, 1.82) is 0 Å². The first-order valence-electron chi connectivity index (χ1n) is 7.51. The van der Waals surface area contributed by atoms with E-state index in [0.29, 0.717) is 24.5 Å². The van der Waals surface area contributed by atoms with Gasteiger partial charge in [0.05, 0.1) is 11.4 Å². The number of imidazole rings is 1. The molecule has 0 aliphatic heterocycles. The minimum atomic E-state index is -4.24. The molecule has 3 aromatic rings. The molecule has 1 aromatic heterocycles. The fourth-order valence-electron chi connectivity index (χ4n) is 2.66. The summed E-state index contributed by atoms with van der Waals surface area (Å²) >= 11 is 0. The summed E-state index contributed by atoms with van der Waals surface area (Å²) in [5.74, 6) is -5.86. The standard InChI is InChI=1S/C17H10F6N2O2S/c1-28(26,27)15-11(20)4-8(5-12(15)21)14-13(24-17(25-14)16(22)23)7-2-9(18)6-10(19)3-7/h2-6,16H,1H3,(H,24,25). The Morgan fingerprint density at radius 1 is 0.893 bits per heavy atom. The molecular weight excluding hydrogens is 410 g/mol. The molecule has 0 radical (unpaired) electrons. The second kappa shape index (κ2) is 6.97. The smallest absolute Gasteiger partial charge is 0.295 e. The van der Waals surface area contributed by atoms with Crippen LogP contribution in [0.2, 0.25) is 0 Å². The van der Waals surface area contributed by atoms with E-state index in [4.69, 9.17) is 0 Å². The summed E-state index contributed by atoms with van der Waals surface area (Å²) in [6.45, 7) is 0. The predicted octanol–water partition coefficient (Wildman–Crippen LogP) is 4.64. The Kier molecular flexibility index (Phi) is 4.96. The van der Waals surface area contributed by atoms with E-state index in [1.165, 1.54) is 0 Å². The Bertz CT molecular complexity index is 1130. The van der Waals surface area contributed by atoms with Crippen LogP contribution in [0.4, 0.5) is 26.3 Å². The number of hydrogen-bond donors (Lipinski definition) is 1. The van der Waals surface area contributed by atoms with Crippen molar-refractivity contribution in [2.45, 2.75) is 11.3 Å². The minimum Gasteiger partial charge on any atom is -0.337 e. The van der Waals surface area contributed by atoms with E-state index >= 15 is 0 Å². The zero-order valence-electron chi connectivity index (χ0n) is 13.9. The average molecular weight is 420 g/mol. The Balaban J connectivity index is 2.28. The van der Waals surface area contributed by atoms with Crippen LogP contribution >= 0.6 is 0 Å². The summed E-state index contributed by atoms with van der Waals surface area (Å²) in [7, 11) is -4.24. The summed E-state index contributed by atoms with van der Waals surface area (Å²) in [5, 5.41) is 0. The van der Waals surface area contributed by atoms with Gasteiger partial charge in [-0.25, -0.2) is 39.7 Å². The van der Waals surface area contributed by atoms with Crippen LogP contribution in [-0.4, -0.2) is 24.6 Å². The topological polar surface area (TPSA) is 62.8 Å². The molecule has 2 aromatic carbocycles. The van der Waals surface area contributed by atoms with Crippen LogP contribution in [0.3, 0.4) is 0 Å². The predicted molar refractivity (Wildman–Crippen MR) is 87.4 cm³/mol. The summed E-state index contributed by atoms with van der Waals surface area (Å²) in [6.07, 6.45) is -2.52. The monoisotopic (exact) mass is 420 g/mol. The number of halogens is 6. The van der Waals surface area contributed by atoms with Crippen molar-refractivity contribution in [3.8, 4) is 22.5 Å². The number of alkyl halides is 2. The summed E-state index contributed by atoms with van der Waals surface area (Å²) in [6, 6.07) is 3.35. The minimum absolute atomic E-state index is 0.261. The van der Waals surface area contributed by atoms with Crippen molar-refractivity contribution in [3.05, 3.63) is 59.4 Å². The lowest BCUT2D eigenvalue weighted by atomic mass is 10.0. The first kappa shape index (κ1) is 19.9. The van der Waals surface area contributed by atoms with Crippen LogP contribution < -0.4 is 0 Å². The third-order valence-corrected chi connectivity index (χ3v) is 4.85. The Labute approximate surface area is 154 Å². The number of rotatable bonds is 4. The van der Waals surface area contributed by atoms with Crippen LogP contribution in [0.25, 0.3) is 22.5 Å². The number of nitrogens with zero attached hydrogens (tertiary/aromatic N) is 1. The molecule has 28 heavy (non-hydrogen) atoms. The number of benzene rings is 2. The van der Waals surface area contributed by atoms with Gasteiger partial charge in [0.25, 0.3) is 6.43 Å². The van der Waals surface area contributed by atoms with Crippen LogP contribution in [0.15, 0.2) is 35.2 Å². The molecule has 11 heteroatoms. The SMILES string of the molecule is CS(=O)(=O)c1c(F)cc(-c2[nH]c(C(F)F)nc2-c2cc(F)cc(F)c2)cc1F. The molecule has 0 aliphatic carbocycles. The fourth-order valence-corrected chi connectivity index (χ4v) is 3.49. The third kappa shape index (κ3) is 3.75. The fraction of sp³-hybridized carbons (Fsp3) is 0.118. The van der Waals surface area contributed by atoms with Crippen molar-refractivity contribution in [2.75, 3.05) is 6.26 Å². The second-order valence-corrected chi connectivity index (χ2v) is 7.80. The highest BCUT2D eigenvalue weighted by Gasteiger charge is 2.25. The Hall–Kier alpha value is -2.82. The van der Waals surface area contributed by atoms with Gasteiger partial charge in [-0.15, -0.1) is 0 Å². The molecule has 0 spiro atoms. The van der Waals surface area contributed by atoms with Gasteiger partial charge in [-0.2, -0.15) is 0 Å². The highest BCUT2D eigenvalue weighted by Crippen LogP contribution is 2.35. The van der Waals surface area contributed by atoms with Gasteiger partial charge < -0.3 is 4.98 Å². The second-order valence-electron chi connectivity index (χ2n) is 5.85. The van der Waals surface area contributed by atoms with E-state index < -0.39 is 50.3 Å². The number of nitrogens with one attached hydrogen (secondary N) is 1. The molecule has 3 rings (SSSR count). The maximum Gasteiger partial charge on any atom is 0.295 e. The lowest BCUT2D eigenvalue weighted by molar-refractivity contribution is 0.141. The number of H-pyrrole nitrogens is 1. The summed E-state index contributed by atoms with van der Waals surface area (Å²) < 4.78 is 105. The molecule has 0 unspecified atom stereocenters. The molecule has 4 nitrogen and oxygen atoms in total. The van der Waals surface area contributed by atoms with Crippen LogP contribution in [0.5, 0.6) is 0 Å². The van der Waals surface area contributed by atoms with Gasteiger partial charge in [0.1, 0.15) is 28.2 Å². The number of aromatic amines is 1. The Morgan fingerprint density at radius 2 is 1.43 bits per heavy atom. The van der Waals surface area contributed by atoms with Crippen molar-refractivity contribution in [1.82, 2.24) is 9.97 Å². The summed E-state index contributed by atoms with van der Waals surface area (Å²) in [4.78, 5) is 4.53. The molecule has 0 bridgehead atoms. The molecular formula is C17H10F6N2O2S. The van der Waals surface area contributed by atoms with Crippen LogP contribution in [0, 0.1) is 23.3 Å². The lowest BCUT2D eigenvalue weighted by Crippen LogP contribution is -2.05. The molecule has 0 amide bonds. The van der Waals surface area contributed by atoms with Crippen LogP contribution in [0.1, 0.15) is 12.2 Å². The average Bonchev–Trinajstić information content (AvgIpc) is 2.97. The van der Waals surface area contributed by atoms with Crippen molar-refractivity contribution in [3.63, 3.8) is 0 Å². The zero-order valence-corrected chi connectivity index (χ0v) is 14.7. The Morgan fingerprint density at radius 3 is 1.89 bits per heavy atom. The first-order valence-corrected chi connectivity index (χ1v) is 9.40. The third-order valence-electron chi connectivity index (χ3n) is 3.72. The van der Waals surface area contributed by atoms with Crippen molar-refractivity contribution < 1.29 is 34.8 Å². The molecule has 148 valence electrons. The molecule has 0 saturated heterocycles. The quantitative estimate of drug-likeness (QED) is 0.626. The molecule has 0 fully saturated rings. The highest BCUT2D eigenvalue weighted by molar-refractivity contribution is 7.90. The maximum absolute atomic E-state index is 14.2. The molecule has 0 atom stereocenters. The number of sulfone groups is 1. The van der Waals surface area contributed by atoms with Gasteiger partial charge in [-0.05, 0) is 24.3 Å². The number of hydrogen-bond acceptors (Lipinski definition) is 3. The lowest BCUT2D eigenvalue weighted by Gasteiger charge is -2.08. The largest absolute Gasteiger partial charge is 0.337 e. The molecule has 0 saturated carbocycles. The first-order chi connectivity index (χ1) is 13.0. The van der Waals surface area contributed by atoms with Gasteiger partial charge in [-0.3, -0.25) is 0 Å². The molecule has 1 N–H and O–H groups in total. The van der Waals surface area contributed by atoms with Crippen LogP contribution in [-0.2, 0) is 9.84 Å². The van der Waals surface area contributed by atoms with E-state index in [0.717, 1.165) is 12.1 Å². The van der Waals surface area contributed by atoms with E-state index in [1.807, 2.05) is 0 Å². The van der Waals surface area contributed by atoms with Crippen molar-refractivity contribution in [2.24, 2.45) is 0 Å². The van der Waals surface area contributed by atoms with E-state index in [9.17, 15) is 34.8 Å². The number of aromatic nitrogens is 2. The van der Waals surface area contributed by atoms with Gasteiger partial charge in [0.15, 0.2) is 15.7 Å². The molecule has 0 aliphatic rings. The van der Waals surface area contributed by atoms with E-state index in [2.05, 4.69) is 9.97 Å².